The lowest BCUT2D eigenvalue weighted by Gasteiger charge is -2.30. The highest BCUT2D eigenvalue weighted by molar-refractivity contribution is 5.94. The van der Waals surface area contributed by atoms with Crippen LogP contribution in [0.25, 0.3) is 0 Å². The first kappa shape index (κ1) is 19.1. The maximum Gasteiger partial charge on any atom is 0.310 e. The summed E-state index contributed by atoms with van der Waals surface area (Å²) in [6.07, 6.45) is 1.68. The van der Waals surface area contributed by atoms with Gasteiger partial charge in [-0.25, -0.2) is 0 Å². The van der Waals surface area contributed by atoms with Crippen molar-refractivity contribution < 1.29 is 23.8 Å². The van der Waals surface area contributed by atoms with Gasteiger partial charge in [0.1, 0.15) is 11.5 Å². The zero-order valence-corrected chi connectivity index (χ0v) is 15.0. The summed E-state index contributed by atoms with van der Waals surface area (Å²) in [5.41, 5.74) is 0.561. The molecule has 1 saturated heterocycles. The second-order valence-electron chi connectivity index (χ2n) is 5.94. The maximum absolute atomic E-state index is 12.4. The van der Waals surface area contributed by atoms with E-state index in [0.717, 1.165) is 19.4 Å². The van der Waals surface area contributed by atoms with Crippen molar-refractivity contribution in [2.24, 2.45) is 5.92 Å². The van der Waals surface area contributed by atoms with E-state index in [2.05, 4.69) is 5.32 Å². The zero-order chi connectivity index (χ0) is 18.2. The Balaban J connectivity index is 1.94. The number of nitrogens with one attached hydrogen (secondary N) is 1. The van der Waals surface area contributed by atoms with Gasteiger partial charge >= 0.3 is 5.97 Å². The van der Waals surface area contributed by atoms with Crippen LogP contribution in [0.2, 0.25) is 0 Å². The summed E-state index contributed by atoms with van der Waals surface area (Å²) in [5.74, 6) is 0.708. The lowest BCUT2D eigenvalue weighted by Crippen LogP contribution is -2.43. The molecule has 7 heteroatoms. The van der Waals surface area contributed by atoms with Crippen molar-refractivity contribution in [1.82, 2.24) is 4.90 Å². The second kappa shape index (κ2) is 9.27. The van der Waals surface area contributed by atoms with Gasteiger partial charge in [-0.3, -0.25) is 14.5 Å². The number of rotatable bonds is 7. The molecule has 0 aliphatic carbocycles. The van der Waals surface area contributed by atoms with Gasteiger partial charge in [-0.2, -0.15) is 0 Å². The van der Waals surface area contributed by atoms with Crippen LogP contribution < -0.4 is 14.8 Å². The molecule has 0 unspecified atom stereocenters. The Hall–Kier alpha value is -2.28. The number of hydrogen-bond acceptors (Lipinski definition) is 6. The largest absolute Gasteiger partial charge is 0.497 e. The summed E-state index contributed by atoms with van der Waals surface area (Å²) in [7, 11) is 3.11. The first-order chi connectivity index (χ1) is 12.1. The number of piperidine rings is 1. The van der Waals surface area contributed by atoms with Gasteiger partial charge in [0.15, 0.2) is 0 Å². The molecule has 1 fully saturated rings. The van der Waals surface area contributed by atoms with Crippen LogP contribution in [0.5, 0.6) is 11.5 Å². The molecule has 1 atom stereocenters. The third kappa shape index (κ3) is 5.35. The fraction of sp³-hybridized carbons (Fsp3) is 0.556. The lowest BCUT2D eigenvalue weighted by atomic mass is 9.98. The van der Waals surface area contributed by atoms with Crippen LogP contribution in [-0.2, 0) is 14.3 Å². The van der Waals surface area contributed by atoms with E-state index in [1.807, 2.05) is 4.90 Å². The van der Waals surface area contributed by atoms with Crippen LogP contribution in [0, 0.1) is 5.92 Å². The fourth-order valence-corrected chi connectivity index (χ4v) is 2.96. The van der Waals surface area contributed by atoms with E-state index < -0.39 is 0 Å². The summed E-state index contributed by atoms with van der Waals surface area (Å²) >= 11 is 0. The summed E-state index contributed by atoms with van der Waals surface area (Å²) < 4.78 is 15.5. The molecule has 1 aromatic carbocycles. The summed E-state index contributed by atoms with van der Waals surface area (Å²) in [6, 6.07) is 5.23. The number of carbonyl (C=O) groups is 2. The number of nitrogens with zero attached hydrogens (tertiary/aromatic N) is 1. The van der Waals surface area contributed by atoms with Crippen LogP contribution in [0.3, 0.4) is 0 Å². The second-order valence-corrected chi connectivity index (χ2v) is 5.94. The van der Waals surface area contributed by atoms with Crippen LogP contribution >= 0.6 is 0 Å². The van der Waals surface area contributed by atoms with E-state index >= 15 is 0 Å². The minimum absolute atomic E-state index is 0.156. The molecule has 0 spiro atoms. The van der Waals surface area contributed by atoms with Crippen molar-refractivity contribution in [2.75, 3.05) is 45.8 Å². The molecule has 1 heterocycles. The summed E-state index contributed by atoms with van der Waals surface area (Å²) in [5, 5.41) is 2.85. The van der Waals surface area contributed by atoms with E-state index in [9.17, 15) is 9.59 Å². The molecule has 0 radical (unpaired) electrons. The van der Waals surface area contributed by atoms with Crippen molar-refractivity contribution in [3.05, 3.63) is 18.2 Å². The van der Waals surface area contributed by atoms with E-state index in [1.54, 1.807) is 39.3 Å². The van der Waals surface area contributed by atoms with Crippen LogP contribution in [0.1, 0.15) is 19.8 Å². The van der Waals surface area contributed by atoms with E-state index in [-0.39, 0.29) is 24.3 Å². The van der Waals surface area contributed by atoms with Crippen molar-refractivity contribution >= 4 is 17.6 Å². The molecule has 138 valence electrons. The van der Waals surface area contributed by atoms with E-state index in [4.69, 9.17) is 14.2 Å². The normalized spacial score (nSPS) is 17.6. The minimum atomic E-state index is -0.179. The van der Waals surface area contributed by atoms with Gasteiger partial charge in [0.2, 0.25) is 5.91 Å². The van der Waals surface area contributed by atoms with Gasteiger partial charge < -0.3 is 19.5 Å². The van der Waals surface area contributed by atoms with E-state index in [0.29, 0.717) is 30.3 Å². The Morgan fingerprint density at radius 2 is 2.08 bits per heavy atom. The van der Waals surface area contributed by atoms with Gasteiger partial charge in [-0.15, -0.1) is 0 Å². The number of likely N-dealkylation sites (tertiary alicyclic amines) is 1. The number of hydrogen-bond donors (Lipinski definition) is 1. The topological polar surface area (TPSA) is 77.1 Å². The predicted octanol–water partition coefficient (Wildman–Crippen LogP) is 1.92. The Labute approximate surface area is 148 Å². The first-order valence-corrected chi connectivity index (χ1v) is 8.48. The van der Waals surface area contributed by atoms with E-state index in [1.165, 1.54) is 0 Å². The molecule has 7 nitrogen and oxygen atoms in total. The molecule has 0 saturated carbocycles. The average Bonchev–Trinajstić information content (AvgIpc) is 2.62. The Kier molecular flexibility index (Phi) is 7.06. The number of methoxy groups -OCH3 is 2. The number of amides is 1. The third-order valence-electron chi connectivity index (χ3n) is 4.17. The standard InChI is InChI=1S/C18H26N2O5/c1-4-25-18(22)13-6-5-9-20(11-13)12-17(21)19-15-10-14(23-2)7-8-16(15)24-3/h7-8,10,13H,4-6,9,11-12H2,1-3H3,(H,19,21)/t13-/m0/s1. The van der Waals surface area contributed by atoms with Crippen LogP contribution in [-0.4, -0.2) is 57.2 Å². The van der Waals surface area contributed by atoms with Gasteiger partial charge in [0, 0.05) is 12.6 Å². The Bertz CT molecular complexity index is 605. The molecule has 0 bridgehead atoms. The molecule has 1 aliphatic heterocycles. The molecule has 25 heavy (non-hydrogen) atoms. The third-order valence-corrected chi connectivity index (χ3v) is 4.17. The van der Waals surface area contributed by atoms with Crippen molar-refractivity contribution in [3.63, 3.8) is 0 Å². The number of carbonyl (C=O) groups excluding carboxylic acids is 2. The molecule has 0 aromatic heterocycles. The molecule has 1 amide bonds. The van der Waals surface area contributed by atoms with Crippen molar-refractivity contribution in [3.8, 4) is 11.5 Å². The van der Waals surface area contributed by atoms with Crippen LogP contribution in [0.15, 0.2) is 18.2 Å². The van der Waals surface area contributed by atoms with Gasteiger partial charge in [0.25, 0.3) is 0 Å². The average molecular weight is 350 g/mol. The van der Waals surface area contributed by atoms with Crippen molar-refractivity contribution in [1.29, 1.82) is 0 Å². The van der Waals surface area contributed by atoms with Crippen LogP contribution in [0.4, 0.5) is 5.69 Å². The molecule has 1 N–H and O–H groups in total. The highest BCUT2D eigenvalue weighted by Gasteiger charge is 2.27. The molecular formula is C18H26N2O5. The number of esters is 1. The number of anilines is 1. The minimum Gasteiger partial charge on any atom is -0.497 e. The molecule has 2 rings (SSSR count). The molecule has 1 aliphatic rings. The molecule has 1 aromatic rings. The SMILES string of the molecule is CCOC(=O)[C@H]1CCCN(CC(=O)Nc2cc(OC)ccc2OC)C1. The summed E-state index contributed by atoms with van der Waals surface area (Å²) in [4.78, 5) is 26.3. The zero-order valence-electron chi connectivity index (χ0n) is 15.0. The predicted molar refractivity (Wildman–Crippen MR) is 94.0 cm³/mol. The van der Waals surface area contributed by atoms with Gasteiger partial charge in [0.05, 0.1) is 39.0 Å². The fourth-order valence-electron chi connectivity index (χ4n) is 2.96. The number of ether oxygens (including phenoxy) is 3. The maximum atomic E-state index is 12.4. The van der Waals surface area contributed by atoms with Crippen molar-refractivity contribution in [2.45, 2.75) is 19.8 Å². The highest BCUT2D eigenvalue weighted by Crippen LogP contribution is 2.29. The lowest BCUT2D eigenvalue weighted by molar-refractivity contribution is -0.150. The quantitative estimate of drug-likeness (QED) is 0.757. The monoisotopic (exact) mass is 350 g/mol. The Morgan fingerprint density at radius 1 is 1.28 bits per heavy atom. The van der Waals surface area contributed by atoms with Gasteiger partial charge in [-0.05, 0) is 38.4 Å². The highest BCUT2D eigenvalue weighted by atomic mass is 16.5. The molecular weight excluding hydrogens is 324 g/mol. The Morgan fingerprint density at radius 3 is 2.76 bits per heavy atom. The van der Waals surface area contributed by atoms with Gasteiger partial charge in [-0.1, -0.05) is 0 Å². The summed E-state index contributed by atoms with van der Waals surface area (Å²) in [6.45, 7) is 3.73. The number of benzene rings is 1. The smallest absolute Gasteiger partial charge is 0.310 e. The first-order valence-electron chi connectivity index (χ1n) is 8.48.